The van der Waals surface area contributed by atoms with E-state index in [1.165, 1.54) is 24.0 Å². The summed E-state index contributed by atoms with van der Waals surface area (Å²) in [7, 11) is 0. The van der Waals surface area contributed by atoms with Gasteiger partial charge in [0.25, 0.3) is 0 Å². The van der Waals surface area contributed by atoms with Gasteiger partial charge in [0.05, 0.1) is 12.2 Å². The van der Waals surface area contributed by atoms with Gasteiger partial charge in [0.2, 0.25) is 0 Å². The quantitative estimate of drug-likeness (QED) is 0.578. The smallest absolute Gasteiger partial charge is 0.0918 e. The van der Waals surface area contributed by atoms with Gasteiger partial charge >= 0.3 is 0 Å². The molecule has 1 aliphatic carbocycles. The van der Waals surface area contributed by atoms with Crippen molar-refractivity contribution in [3.8, 4) is 0 Å². The Bertz CT molecular complexity index is 346. The maximum Gasteiger partial charge on any atom is 0.0918 e. The van der Waals surface area contributed by atoms with Crippen LogP contribution in [0.5, 0.6) is 0 Å². The fourth-order valence-electron chi connectivity index (χ4n) is 2.01. The fourth-order valence-corrected chi connectivity index (χ4v) is 2.73. The molecule has 0 amide bonds. The van der Waals surface area contributed by atoms with Crippen molar-refractivity contribution in [3.63, 3.8) is 0 Å². The SMILES string of the molecule is Cc1cccc(C(CI)OC(C)C2CC2)c1. The molecule has 0 heterocycles. The number of halogens is 1. The predicted molar refractivity (Wildman–Crippen MR) is 76.1 cm³/mol. The molecule has 1 aliphatic rings. The van der Waals surface area contributed by atoms with E-state index in [2.05, 4.69) is 60.7 Å². The van der Waals surface area contributed by atoms with Crippen LogP contribution in [-0.2, 0) is 4.74 Å². The van der Waals surface area contributed by atoms with E-state index in [-0.39, 0.29) is 6.10 Å². The zero-order valence-electron chi connectivity index (χ0n) is 9.95. The average molecular weight is 330 g/mol. The normalized spacial score (nSPS) is 19.4. The number of benzene rings is 1. The Kier molecular flexibility index (Phi) is 4.25. The molecule has 0 spiro atoms. The summed E-state index contributed by atoms with van der Waals surface area (Å²) in [6.45, 7) is 4.35. The molecule has 1 saturated carbocycles. The van der Waals surface area contributed by atoms with Crippen molar-refractivity contribution >= 4 is 22.6 Å². The van der Waals surface area contributed by atoms with E-state index in [1.807, 2.05) is 0 Å². The van der Waals surface area contributed by atoms with Crippen molar-refractivity contribution in [1.29, 1.82) is 0 Å². The molecular formula is C14H19IO. The molecule has 88 valence electrons. The maximum absolute atomic E-state index is 6.16. The Morgan fingerprint density at radius 3 is 2.75 bits per heavy atom. The van der Waals surface area contributed by atoms with E-state index in [0.717, 1.165) is 10.3 Å². The van der Waals surface area contributed by atoms with Crippen LogP contribution in [0.3, 0.4) is 0 Å². The molecule has 0 radical (unpaired) electrons. The largest absolute Gasteiger partial charge is 0.369 e. The summed E-state index contributed by atoms with van der Waals surface area (Å²) < 4.78 is 7.18. The second-order valence-corrected chi connectivity index (χ2v) is 5.62. The van der Waals surface area contributed by atoms with Crippen molar-refractivity contribution in [2.75, 3.05) is 4.43 Å². The first-order valence-electron chi connectivity index (χ1n) is 5.98. The lowest BCUT2D eigenvalue weighted by Crippen LogP contribution is -2.16. The lowest BCUT2D eigenvalue weighted by Gasteiger charge is -2.21. The first kappa shape index (κ1) is 12.4. The highest BCUT2D eigenvalue weighted by atomic mass is 127. The summed E-state index contributed by atoms with van der Waals surface area (Å²) >= 11 is 2.42. The lowest BCUT2D eigenvalue weighted by molar-refractivity contribution is -0.000643. The van der Waals surface area contributed by atoms with Crippen molar-refractivity contribution in [2.24, 2.45) is 5.92 Å². The molecule has 0 saturated heterocycles. The standard InChI is InChI=1S/C14H19IO/c1-10-4-3-5-13(8-10)14(9-15)16-11(2)12-6-7-12/h3-5,8,11-12,14H,6-7,9H2,1-2H3. The third kappa shape index (κ3) is 3.20. The van der Waals surface area contributed by atoms with Crippen molar-refractivity contribution < 1.29 is 4.74 Å². The Labute approximate surface area is 112 Å². The van der Waals surface area contributed by atoms with Crippen LogP contribution < -0.4 is 0 Å². The summed E-state index contributed by atoms with van der Waals surface area (Å²) in [6, 6.07) is 8.67. The van der Waals surface area contributed by atoms with Gasteiger partial charge in [-0.2, -0.15) is 0 Å². The van der Waals surface area contributed by atoms with Crippen LogP contribution >= 0.6 is 22.6 Å². The monoisotopic (exact) mass is 330 g/mol. The topological polar surface area (TPSA) is 9.23 Å². The molecule has 1 aromatic carbocycles. The van der Waals surface area contributed by atoms with Gasteiger partial charge in [-0.05, 0) is 38.2 Å². The minimum absolute atomic E-state index is 0.260. The molecule has 0 aliphatic heterocycles. The fraction of sp³-hybridized carbons (Fsp3) is 0.571. The summed E-state index contributed by atoms with van der Waals surface area (Å²) in [5.74, 6) is 0.815. The molecule has 16 heavy (non-hydrogen) atoms. The number of aryl methyl sites for hydroxylation is 1. The second-order valence-electron chi connectivity index (χ2n) is 4.74. The van der Waals surface area contributed by atoms with Crippen LogP contribution in [0.15, 0.2) is 24.3 Å². The number of ether oxygens (including phenoxy) is 1. The number of rotatable bonds is 5. The first-order chi connectivity index (χ1) is 7.70. The van der Waals surface area contributed by atoms with E-state index in [9.17, 15) is 0 Å². The van der Waals surface area contributed by atoms with Gasteiger partial charge in [0.1, 0.15) is 0 Å². The number of hydrogen-bond acceptors (Lipinski definition) is 1. The summed E-state index contributed by atoms with van der Waals surface area (Å²) in [4.78, 5) is 0. The van der Waals surface area contributed by atoms with E-state index < -0.39 is 0 Å². The maximum atomic E-state index is 6.16. The third-order valence-electron chi connectivity index (χ3n) is 3.22. The van der Waals surface area contributed by atoms with Gasteiger partial charge in [0.15, 0.2) is 0 Å². The minimum Gasteiger partial charge on any atom is -0.369 e. The van der Waals surface area contributed by atoms with Crippen molar-refractivity contribution in [1.82, 2.24) is 0 Å². The summed E-state index contributed by atoms with van der Waals surface area (Å²) in [6.07, 6.45) is 3.38. The molecule has 1 nitrogen and oxygen atoms in total. The molecule has 2 atom stereocenters. The average Bonchev–Trinajstić information content (AvgIpc) is 3.09. The molecule has 1 fully saturated rings. The van der Waals surface area contributed by atoms with Crippen LogP contribution in [0.4, 0.5) is 0 Å². The minimum atomic E-state index is 0.260. The second kappa shape index (κ2) is 5.50. The molecule has 2 unspecified atom stereocenters. The van der Waals surface area contributed by atoms with Gasteiger partial charge in [-0.3, -0.25) is 0 Å². The van der Waals surface area contributed by atoms with E-state index in [0.29, 0.717) is 6.10 Å². The van der Waals surface area contributed by atoms with E-state index >= 15 is 0 Å². The molecular weight excluding hydrogens is 311 g/mol. The Balaban J connectivity index is 2.03. The molecule has 1 aromatic rings. The Morgan fingerprint density at radius 1 is 1.44 bits per heavy atom. The van der Waals surface area contributed by atoms with Gasteiger partial charge in [-0.15, -0.1) is 0 Å². The zero-order valence-corrected chi connectivity index (χ0v) is 12.1. The number of hydrogen-bond donors (Lipinski definition) is 0. The third-order valence-corrected chi connectivity index (χ3v) is 4.02. The van der Waals surface area contributed by atoms with Crippen LogP contribution in [0.1, 0.15) is 37.0 Å². The molecule has 0 aromatic heterocycles. The Morgan fingerprint density at radius 2 is 2.19 bits per heavy atom. The number of alkyl halides is 1. The summed E-state index contributed by atoms with van der Waals surface area (Å²) in [5.41, 5.74) is 2.64. The van der Waals surface area contributed by atoms with Crippen LogP contribution in [-0.4, -0.2) is 10.5 Å². The molecule has 2 rings (SSSR count). The Hall–Kier alpha value is -0.0900. The summed E-state index contributed by atoms with van der Waals surface area (Å²) in [5, 5.41) is 0. The lowest BCUT2D eigenvalue weighted by atomic mass is 10.1. The van der Waals surface area contributed by atoms with Crippen molar-refractivity contribution in [3.05, 3.63) is 35.4 Å². The predicted octanol–water partition coefficient (Wildman–Crippen LogP) is 4.29. The van der Waals surface area contributed by atoms with Crippen LogP contribution in [0.25, 0.3) is 0 Å². The molecule has 2 heteroatoms. The highest BCUT2D eigenvalue weighted by Crippen LogP contribution is 2.36. The van der Waals surface area contributed by atoms with Gasteiger partial charge in [-0.25, -0.2) is 0 Å². The highest BCUT2D eigenvalue weighted by Gasteiger charge is 2.30. The van der Waals surface area contributed by atoms with Gasteiger partial charge in [-0.1, -0.05) is 52.4 Å². The molecule has 0 N–H and O–H groups in total. The first-order valence-corrected chi connectivity index (χ1v) is 7.51. The van der Waals surface area contributed by atoms with Crippen molar-refractivity contribution in [2.45, 2.75) is 38.9 Å². The van der Waals surface area contributed by atoms with Crippen LogP contribution in [0.2, 0.25) is 0 Å². The van der Waals surface area contributed by atoms with E-state index in [1.54, 1.807) is 0 Å². The van der Waals surface area contributed by atoms with Gasteiger partial charge < -0.3 is 4.74 Å². The van der Waals surface area contributed by atoms with E-state index in [4.69, 9.17) is 4.74 Å². The van der Waals surface area contributed by atoms with Crippen LogP contribution in [0, 0.1) is 12.8 Å². The molecule has 0 bridgehead atoms. The highest BCUT2D eigenvalue weighted by molar-refractivity contribution is 14.1. The van der Waals surface area contributed by atoms with Gasteiger partial charge in [0, 0.05) is 4.43 Å². The zero-order chi connectivity index (χ0) is 11.5.